The number of amides is 1. The lowest BCUT2D eigenvalue weighted by Gasteiger charge is -2.17. The Balaban J connectivity index is 1.44. The monoisotopic (exact) mass is 523 g/mol. The average molecular weight is 524 g/mol. The van der Waals surface area contributed by atoms with Crippen molar-refractivity contribution < 1.29 is 22.7 Å². The van der Waals surface area contributed by atoms with Crippen LogP contribution in [0.25, 0.3) is 5.69 Å². The highest BCUT2D eigenvalue weighted by Crippen LogP contribution is 2.35. The van der Waals surface area contributed by atoms with E-state index in [1.807, 2.05) is 17.5 Å². The molecular weight excluding hydrogens is 503 g/mol. The summed E-state index contributed by atoms with van der Waals surface area (Å²) in [5.41, 5.74) is -0.0167. The third-order valence-electron chi connectivity index (χ3n) is 5.77. The number of ether oxygens (including phenoxy) is 1. The normalized spacial score (nSPS) is 14.2. The van der Waals surface area contributed by atoms with Gasteiger partial charge in [-0.05, 0) is 54.7 Å². The molecule has 2 aromatic carbocycles. The van der Waals surface area contributed by atoms with Crippen LogP contribution in [0.2, 0.25) is 0 Å². The van der Waals surface area contributed by atoms with Gasteiger partial charge in [-0.1, -0.05) is 18.2 Å². The first-order valence-corrected chi connectivity index (χ1v) is 12.3. The second-order valence-corrected chi connectivity index (χ2v) is 9.52. The van der Waals surface area contributed by atoms with Crippen LogP contribution in [0.3, 0.4) is 0 Å². The fourth-order valence-electron chi connectivity index (χ4n) is 3.75. The van der Waals surface area contributed by atoms with Gasteiger partial charge in [-0.15, -0.1) is 11.3 Å². The van der Waals surface area contributed by atoms with Crippen molar-refractivity contribution in [1.29, 1.82) is 5.26 Å². The number of nitrogens with zero attached hydrogens (tertiary/aromatic N) is 4. The van der Waals surface area contributed by atoms with Crippen molar-refractivity contribution in [2.24, 2.45) is 5.92 Å². The van der Waals surface area contributed by atoms with E-state index in [2.05, 4.69) is 15.4 Å². The molecule has 188 valence electrons. The molecule has 2 heterocycles. The first kappa shape index (κ1) is 24.7. The Bertz CT molecular complexity index is 1460. The molecule has 1 saturated carbocycles. The second-order valence-electron chi connectivity index (χ2n) is 8.59. The molecule has 1 atom stereocenters. The summed E-state index contributed by atoms with van der Waals surface area (Å²) in [6, 6.07) is 15.4. The van der Waals surface area contributed by atoms with E-state index < -0.39 is 23.9 Å². The zero-order valence-electron chi connectivity index (χ0n) is 19.3. The number of aromatic nitrogens is 3. The van der Waals surface area contributed by atoms with Gasteiger partial charge in [0.15, 0.2) is 5.69 Å². The van der Waals surface area contributed by atoms with Gasteiger partial charge in [0.05, 0.1) is 23.9 Å². The van der Waals surface area contributed by atoms with E-state index in [9.17, 15) is 23.2 Å². The number of alkyl halides is 3. The molecule has 2 aromatic heterocycles. The van der Waals surface area contributed by atoms with Crippen LogP contribution in [0.5, 0.6) is 0 Å². The minimum absolute atomic E-state index is 0.158. The summed E-state index contributed by atoms with van der Waals surface area (Å²) in [4.78, 5) is 17.6. The van der Waals surface area contributed by atoms with Gasteiger partial charge in [-0.3, -0.25) is 4.79 Å². The lowest BCUT2D eigenvalue weighted by atomic mass is 10.1. The summed E-state index contributed by atoms with van der Waals surface area (Å²) in [6.07, 6.45) is -1.22. The summed E-state index contributed by atoms with van der Waals surface area (Å²) in [7, 11) is 0. The molecule has 7 nitrogen and oxygen atoms in total. The molecule has 1 aliphatic carbocycles. The van der Waals surface area contributed by atoms with E-state index >= 15 is 0 Å². The smallest absolute Gasteiger partial charge is 0.366 e. The van der Waals surface area contributed by atoms with E-state index in [1.165, 1.54) is 35.6 Å². The van der Waals surface area contributed by atoms with Crippen molar-refractivity contribution >= 4 is 22.9 Å². The first-order valence-electron chi connectivity index (χ1n) is 11.4. The lowest BCUT2D eigenvalue weighted by Crippen LogP contribution is -2.17. The van der Waals surface area contributed by atoms with Crippen molar-refractivity contribution in [2.45, 2.75) is 25.1 Å². The Kier molecular flexibility index (Phi) is 6.78. The molecule has 0 bridgehead atoms. The van der Waals surface area contributed by atoms with Gasteiger partial charge in [-0.2, -0.15) is 23.5 Å². The van der Waals surface area contributed by atoms with Crippen LogP contribution >= 0.6 is 11.3 Å². The summed E-state index contributed by atoms with van der Waals surface area (Å²) in [6.45, 7) is 0.599. The first-order chi connectivity index (χ1) is 17.8. The number of carbonyl (C=O) groups is 1. The van der Waals surface area contributed by atoms with Crippen LogP contribution in [0.15, 0.2) is 66.2 Å². The number of hydrogen-bond acceptors (Lipinski definition) is 6. The van der Waals surface area contributed by atoms with Gasteiger partial charge in [0, 0.05) is 23.3 Å². The maximum atomic E-state index is 13.5. The van der Waals surface area contributed by atoms with Gasteiger partial charge in [-0.25, -0.2) is 9.67 Å². The molecule has 1 N–H and O–H groups in total. The Labute approximate surface area is 214 Å². The van der Waals surface area contributed by atoms with Crippen LogP contribution < -0.4 is 5.32 Å². The molecule has 0 saturated heterocycles. The van der Waals surface area contributed by atoms with Gasteiger partial charge in [0.2, 0.25) is 0 Å². The number of thiazole rings is 1. The predicted molar refractivity (Wildman–Crippen MR) is 130 cm³/mol. The SMILES string of the molecule is N#Cc1cccc(-n2nc(C(F)(F)F)cc2C(=O)Nc2cccc(C(OCC3CC3)c3nccs3)c2)c1. The Hall–Kier alpha value is -4.01. The van der Waals surface area contributed by atoms with Gasteiger partial charge in [0.1, 0.15) is 16.8 Å². The Morgan fingerprint density at radius 1 is 1.22 bits per heavy atom. The highest BCUT2D eigenvalue weighted by atomic mass is 32.1. The van der Waals surface area contributed by atoms with Crippen molar-refractivity contribution in [1.82, 2.24) is 14.8 Å². The van der Waals surface area contributed by atoms with Gasteiger partial charge >= 0.3 is 6.18 Å². The molecule has 1 aliphatic rings. The molecule has 37 heavy (non-hydrogen) atoms. The van der Waals surface area contributed by atoms with E-state index in [0.717, 1.165) is 28.1 Å². The van der Waals surface area contributed by atoms with Crippen LogP contribution in [0.4, 0.5) is 18.9 Å². The number of rotatable bonds is 8. The Morgan fingerprint density at radius 2 is 2.03 bits per heavy atom. The standard InChI is InChI=1S/C26H20F3N5O2S/c27-26(28,29)22-13-21(34(33-22)20-6-1-3-17(11-20)14-30)24(35)32-19-5-2-4-18(12-19)23(25-31-9-10-37-25)36-15-16-7-8-16/h1-6,9-13,16,23H,7-8,15H2,(H,32,35). The molecule has 5 rings (SSSR count). The summed E-state index contributed by atoms with van der Waals surface area (Å²) < 4.78 is 47.4. The molecule has 0 radical (unpaired) electrons. The third kappa shape index (κ3) is 5.71. The fraction of sp³-hybridized carbons (Fsp3) is 0.231. The van der Waals surface area contributed by atoms with E-state index in [-0.39, 0.29) is 16.9 Å². The molecule has 1 unspecified atom stereocenters. The van der Waals surface area contributed by atoms with Crippen molar-refractivity contribution in [2.75, 3.05) is 11.9 Å². The number of hydrogen-bond donors (Lipinski definition) is 1. The van der Waals surface area contributed by atoms with Crippen molar-refractivity contribution in [3.05, 3.63) is 93.7 Å². The number of carbonyl (C=O) groups excluding carboxylic acids is 1. The van der Waals surface area contributed by atoms with Crippen LogP contribution in [0, 0.1) is 17.2 Å². The largest absolute Gasteiger partial charge is 0.435 e. The molecule has 4 aromatic rings. The van der Waals surface area contributed by atoms with E-state index in [0.29, 0.717) is 24.3 Å². The number of nitrogens with one attached hydrogen (secondary N) is 1. The van der Waals surface area contributed by atoms with E-state index in [1.54, 1.807) is 24.4 Å². The average Bonchev–Trinajstić information content (AvgIpc) is 3.35. The minimum atomic E-state index is -4.76. The molecular formula is C26H20F3N5O2S. The van der Waals surface area contributed by atoms with Crippen molar-refractivity contribution in [3.63, 3.8) is 0 Å². The quantitative estimate of drug-likeness (QED) is 0.306. The number of halogens is 3. The third-order valence-corrected chi connectivity index (χ3v) is 6.59. The number of anilines is 1. The number of benzene rings is 2. The van der Waals surface area contributed by atoms with E-state index in [4.69, 9.17) is 4.74 Å². The van der Waals surface area contributed by atoms with Crippen LogP contribution in [-0.4, -0.2) is 27.3 Å². The maximum Gasteiger partial charge on any atom is 0.435 e. The van der Waals surface area contributed by atoms with Gasteiger partial charge in [0.25, 0.3) is 5.91 Å². The number of nitriles is 1. The minimum Gasteiger partial charge on any atom is -0.366 e. The fourth-order valence-corrected chi connectivity index (χ4v) is 4.46. The molecule has 0 aliphatic heterocycles. The van der Waals surface area contributed by atoms with Crippen LogP contribution in [0.1, 0.15) is 51.3 Å². The highest BCUT2D eigenvalue weighted by Gasteiger charge is 2.36. The molecule has 11 heteroatoms. The summed E-state index contributed by atoms with van der Waals surface area (Å²) in [5.74, 6) is -0.250. The summed E-state index contributed by atoms with van der Waals surface area (Å²) >= 11 is 1.46. The molecule has 1 fully saturated rings. The highest BCUT2D eigenvalue weighted by molar-refractivity contribution is 7.09. The Morgan fingerprint density at radius 3 is 2.73 bits per heavy atom. The molecule has 1 amide bonds. The zero-order valence-corrected chi connectivity index (χ0v) is 20.1. The second kappa shape index (κ2) is 10.2. The van der Waals surface area contributed by atoms with Crippen LogP contribution in [-0.2, 0) is 10.9 Å². The van der Waals surface area contributed by atoms with Crippen molar-refractivity contribution in [3.8, 4) is 11.8 Å². The molecule has 0 spiro atoms. The van der Waals surface area contributed by atoms with Gasteiger partial charge < -0.3 is 10.1 Å². The maximum absolute atomic E-state index is 13.5. The zero-order chi connectivity index (χ0) is 26.0. The topological polar surface area (TPSA) is 92.8 Å². The predicted octanol–water partition coefficient (Wildman–Crippen LogP) is 5.99. The summed E-state index contributed by atoms with van der Waals surface area (Å²) in [5, 5.41) is 18.1. The lowest BCUT2D eigenvalue weighted by molar-refractivity contribution is -0.141.